The summed E-state index contributed by atoms with van der Waals surface area (Å²) in [5, 5.41) is 10.2. The summed E-state index contributed by atoms with van der Waals surface area (Å²) in [5.74, 6) is -0.257. The zero-order valence-corrected chi connectivity index (χ0v) is 17.5. The van der Waals surface area contributed by atoms with Gasteiger partial charge in [-0.25, -0.2) is 4.39 Å². The van der Waals surface area contributed by atoms with Crippen molar-refractivity contribution < 1.29 is 14.2 Å². The Morgan fingerprint density at radius 3 is 2.24 bits per heavy atom. The van der Waals surface area contributed by atoms with E-state index in [0.717, 1.165) is 33.4 Å². The lowest BCUT2D eigenvalue weighted by Gasteiger charge is -2.37. The number of aryl methyl sites for hydroxylation is 1. The Kier molecular flexibility index (Phi) is 5.92. The van der Waals surface area contributed by atoms with E-state index < -0.39 is 11.2 Å². The number of aromatic nitrogens is 1. The molecular weight excluding hydrogens is 364 g/mol. The molecule has 0 saturated carbocycles. The highest BCUT2D eigenvalue weighted by Gasteiger charge is 2.35. The summed E-state index contributed by atoms with van der Waals surface area (Å²) < 4.78 is 19.3. The summed E-state index contributed by atoms with van der Waals surface area (Å²) in [4.78, 5) is 4.57. The van der Waals surface area contributed by atoms with Crippen molar-refractivity contribution >= 4 is 12.9 Å². The van der Waals surface area contributed by atoms with Gasteiger partial charge < -0.3 is 9.76 Å². The van der Waals surface area contributed by atoms with E-state index in [1.807, 2.05) is 57.2 Å². The van der Waals surface area contributed by atoms with Crippen molar-refractivity contribution in [3.63, 3.8) is 0 Å². The van der Waals surface area contributed by atoms with Crippen molar-refractivity contribution in [1.82, 2.24) is 4.98 Å². The molecule has 3 nitrogen and oxygen atoms in total. The van der Waals surface area contributed by atoms with Gasteiger partial charge >= 0.3 is 7.48 Å². The van der Waals surface area contributed by atoms with Gasteiger partial charge in [-0.15, -0.1) is 0 Å². The van der Waals surface area contributed by atoms with Crippen molar-refractivity contribution in [2.24, 2.45) is 0 Å². The van der Waals surface area contributed by atoms with Gasteiger partial charge in [0.05, 0.1) is 16.9 Å². The number of hydrogen-bond acceptors (Lipinski definition) is 3. The number of nitrogens with zero attached hydrogens (tertiary/aromatic N) is 1. The molecule has 2 aromatic carbocycles. The second kappa shape index (κ2) is 8.09. The van der Waals surface area contributed by atoms with E-state index in [2.05, 4.69) is 4.98 Å². The topological polar surface area (TPSA) is 42.4 Å². The zero-order chi connectivity index (χ0) is 21.2. The first-order valence-corrected chi connectivity index (χ1v) is 9.63. The first kappa shape index (κ1) is 21.2. The SMILES string of the molecule is Cc1cc(-c2ccc([B]OC(C)(C)C(C)(C)O)cc2)ncc1-c1cccc(F)c1. The van der Waals surface area contributed by atoms with E-state index in [1.165, 1.54) is 12.1 Å². The van der Waals surface area contributed by atoms with Gasteiger partial charge in [-0.2, -0.15) is 0 Å². The predicted molar refractivity (Wildman–Crippen MR) is 117 cm³/mol. The van der Waals surface area contributed by atoms with Crippen LogP contribution in [0.2, 0.25) is 0 Å². The summed E-state index contributed by atoms with van der Waals surface area (Å²) in [6.45, 7) is 9.16. The fourth-order valence-electron chi connectivity index (χ4n) is 2.76. The number of pyridine rings is 1. The maximum atomic E-state index is 13.5. The fourth-order valence-corrected chi connectivity index (χ4v) is 2.76. The molecule has 0 fully saturated rings. The highest BCUT2D eigenvalue weighted by molar-refractivity contribution is 6.47. The molecule has 0 unspecified atom stereocenters. The summed E-state index contributed by atoms with van der Waals surface area (Å²) >= 11 is 0. The van der Waals surface area contributed by atoms with Crippen LogP contribution in [0.3, 0.4) is 0 Å². The smallest absolute Gasteiger partial charge is 0.330 e. The minimum Gasteiger partial charge on any atom is -0.427 e. The molecule has 3 rings (SSSR count). The lowest BCUT2D eigenvalue weighted by molar-refractivity contribution is -0.0893. The van der Waals surface area contributed by atoms with Crippen LogP contribution in [0.1, 0.15) is 33.3 Å². The normalized spacial score (nSPS) is 12.1. The van der Waals surface area contributed by atoms with E-state index >= 15 is 0 Å². The molecule has 0 saturated heterocycles. The molecule has 1 radical (unpaired) electrons. The van der Waals surface area contributed by atoms with E-state index in [4.69, 9.17) is 4.65 Å². The van der Waals surface area contributed by atoms with Crippen molar-refractivity contribution in [2.45, 2.75) is 45.8 Å². The first-order valence-electron chi connectivity index (χ1n) is 9.63. The third-order valence-corrected chi connectivity index (χ3v) is 5.42. The average molecular weight is 390 g/mol. The minimum atomic E-state index is -0.964. The molecule has 1 heterocycles. The number of aliphatic hydroxyl groups is 1. The molecule has 0 aliphatic heterocycles. The van der Waals surface area contributed by atoms with Crippen LogP contribution in [0.5, 0.6) is 0 Å². The molecule has 0 aliphatic carbocycles. The summed E-state index contributed by atoms with van der Waals surface area (Å²) in [6, 6.07) is 16.4. The molecule has 0 amide bonds. The minimum absolute atomic E-state index is 0.257. The Morgan fingerprint density at radius 2 is 1.66 bits per heavy atom. The maximum Gasteiger partial charge on any atom is 0.330 e. The van der Waals surface area contributed by atoms with Crippen LogP contribution in [0.15, 0.2) is 60.8 Å². The van der Waals surface area contributed by atoms with E-state index in [-0.39, 0.29) is 5.82 Å². The molecule has 149 valence electrons. The van der Waals surface area contributed by atoms with Crippen LogP contribution in [0.4, 0.5) is 4.39 Å². The van der Waals surface area contributed by atoms with E-state index in [0.29, 0.717) is 0 Å². The van der Waals surface area contributed by atoms with Crippen LogP contribution in [0, 0.1) is 12.7 Å². The molecule has 1 N–H and O–H groups in total. The monoisotopic (exact) mass is 390 g/mol. The largest absolute Gasteiger partial charge is 0.427 e. The molecule has 0 atom stereocenters. The number of hydrogen-bond donors (Lipinski definition) is 1. The Balaban J connectivity index is 1.76. The second-order valence-corrected chi connectivity index (χ2v) is 8.32. The summed E-state index contributed by atoms with van der Waals surface area (Å²) in [5.41, 5.74) is 3.83. The Morgan fingerprint density at radius 1 is 0.966 bits per heavy atom. The van der Waals surface area contributed by atoms with Crippen LogP contribution < -0.4 is 5.46 Å². The van der Waals surface area contributed by atoms with Crippen LogP contribution in [0.25, 0.3) is 22.4 Å². The Bertz CT molecular complexity index is 995. The molecule has 1 aromatic heterocycles. The highest BCUT2D eigenvalue weighted by Crippen LogP contribution is 2.27. The van der Waals surface area contributed by atoms with Gasteiger partial charge in [0.2, 0.25) is 0 Å². The lowest BCUT2D eigenvalue weighted by Crippen LogP contribution is -2.49. The van der Waals surface area contributed by atoms with Gasteiger partial charge in [0.25, 0.3) is 0 Å². The summed E-state index contributed by atoms with van der Waals surface area (Å²) in [7, 11) is 1.66. The molecule has 29 heavy (non-hydrogen) atoms. The molecule has 0 spiro atoms. The van der Waals surface area contributed by atoms with Crippen molar-refractivity contribution in [2.75, 3.05) is 0 Å². The van der Waals surface area contributed by atoms with Crippen molar-refractivity contribution in [3.8, 4) is 22.4 Å². The van der Waals surface area contributed by atoms with Gasteiger partial charge in [-0.05, 0) is 63.9 Å². The predicted octanol–water partition coefficient (Wildman–Crippen LogP) is 4.67. The number of halogens is 1. The maximum absolute atomic E-state index is 13.5. The van der Waals surface area contributed by atoms with Gasteiger partial charge in [-0.3, -0.25) is 4.98 Å². The van der Waals surface area contributed by atoms with E-state index in [1.54, 1.807) is 33.6 Å². The zero-order valence-electron chi connectivity index (χ0n) is 17.5. The van der Waals surface area contributed by atoms with Crippen molar-refractivity contribution in [3.05, 3.63) is 72.2 Å². The standard InChI is InChI=1S/C24H26BFNO2/c1-16-13-22(27-15-21(16)18-7-6-8-20(26)14-18)17-9-11-19(12-10-17)25-29-24(4,5)23(2,3)28/h6-15,28H,1-5H3. The van der Waals surface area contributed by atoms with Gasteiger partial charge in [0.15, 0.2) is 0 Å². The first-order chi connectivity index (χ1) is 13.6. The Labute approximate surface area is 172 Å². The van der Waals surface area contributed by atoms with Crippen molar-refractivity contribution in [1.29, 1.82) is 0 Å². The molecule has 0 bridgehead atoms. The molecule has 0 aliphatic rings. The second-order valence-electron chi connectivity index (χ2n) is 8.32. The van der Waals surface area contributed by atoms with Gasteiger partial charge in [0, 0.05) is 17.3 Å². The average Bonchev–Trinajstić information content (AvgIpc) is 2.66. The third-order valence-electron chi connectivity index (χ3n) is 5.42. The Hall–Kier alpha value is -2.50. The molecular formula is C24H26BFNO2. The lowest BCUT2D eigenvalue weighted by atomic mass is 9.82. The molecule has 5 heteroatoms. The summed E-state index contributed by atoms with van der Waals surface area (Å²) in [6.07, 6.45) is 1.79. The van der Waals surface area contributed by atoms with Gasteiger partial charge in [-0.1, -0.05) is 41.9 Å². The van der Waals surface area contributed by atoms with Crippen LogP contribution >= 0.6 is 0 Å². The fraction of sp³-hybridized carbons (Fsp3) is 0.292. The molecule has 3 aromatic rings. The quantitative estimate of drug-likeness (QED) is 0.622. The number of benzene rings is 2. The van der Waals surface area contributed by atoms with E-state index in [9.17, 15) is 9.50 Å². The van der Waals surface area contributed by atoms with Crippen LogP contribution in [-0.4, -0.2) is 28.8 Å². The third kappa shape index (κ3) is 4.92. The van der Waals surface area contributed by atoms with Gasteiger partial charge in [0.1, 0.15) is 5.82 Å². The number of rotatable bonds is 6. The highest BCUT2D eigenvalue weighted by atomic mass is 19.1. The van der Waals surface area contributed by atoms with Crippen LogP contribution in [-0.2, 0) is 4.65 Å².